The van der Waals surface area contributed by atoms with Gasteiger partial charge in [0.1, 0.15) is 11.2 Å². The van der Waals surface area contributed by atoms with Crippen molar-refractivity contribution in [3.8, 4) is 51.0 Å². The van der Waals surface area contributed by atoms with E-state index in [1.165, 1.54) is 0 Å². The van der Waals surface area contributed by atoms with Crippen LogP contribution in [0.25, 0.3) is 94.7 Å². The van der Waals surface area contributed by atoms with E-state index in [4.69, 9.17) is 24.9 Å². The summed E-state index contributed by atoms with van der Waals surface area (Å²) in [5, 5.41) is 1.73. The van der Waals surface area contributed by atoms with Gasteiger partial charge in [-0.2, -0.15) is 0 Å². The molecule has 0 aliphatic rings. The molecule has 0 N–H and O–H groups in total. The number of benzene rings is 7. The van der Waals surface area contributed by atoms with Crippen molar-refractivity contribution in [2.45, 2.75) is 0 Å². The molecule has 0 spiro atoms. The topological polar surface area (TPSA) is 56.7 Å². The highest BCUT2D eigenvalue weighted by Crippen LogP contribution is 2.40. The third-order valence-corrected chi connectivity index (χ3v) is 8.96. The molecule has 0 atom stereocenters. The highest BCUT2D eigenvalue weighted by atomic mass is 16.3. The average molecular weight is 648 g/mol. The van der Waals surface area contributed by atoms with Crippen molar-refractivity contribution in [3.05, 3.63) is 170 Å². The number of hydrogen-bond donors (Lipinski definition) is 0. The summed E-state index contributed by atoms with van der Waals surface area (Å²) in [5.41, 5.74) is 5.56. The van der Waals surface area contributed by atoms with Crippen molar-refractivity contribution in [2.75, 3.05) is 0 Å². The first-order chi connectivity index (χ1) is 27.7. The standard InChI is InChI=1S/C45H28N4O/c1-4-13-29(14-5-1)32-23-25-35-38-28-33(24-26-40(38)50-41(35)27-32)49-39-22-11-10-19-34(39)36-20-12-21-37(42(36)49)45-47-43(30-15-6-2-7-16-30)46-44(48-45)31-17-8-3-9-18-31/h1-28H/i10D,11D,12D,19D,20D,21D,22D. The largest absolute Gasteiger partial charge is 0.456 e. The number of rotatable bonds is 5. The van der Waals surface area contributed by atoms with Gasteiger partial charge in [0.2, 0.25) is 0 Å². The first-order valence-corrected chi connectivity index (χ1v) is 16.1. The van der Waals surface area contributed by atoms with Gasteiger partial charge in [-0.3, -0.25) is 0 Å². The number of para-hydroxylation sites is 2. The van der Waals surface area contributed by atoms with Gasteiger partial charge in [0.15, 0.2) is 17.5 Å². The van der Waals surface area contributed by atoms with E-state index in [0.29, 0.717) is 39.6 Å². The lowest BCUT2D eigenvalue weighted by atomic mass is 10.0. The first kappa shape index (κ1) is 21.9. The van der Waals surface area contributed by atoms with Gasteiger partial charge in [0.25, 0.3) is 0 Å². The van der Waals surface area contributed by atoms with E-state index in [1.807, 2.05) is 121 Å². The number of hydrogen-bond acceptors (Lipinski definition) is 4. The van der Waals surface area contributed by atoms with E-state index in [-0.39, 0.29) is 57.4 Å². The molecule has 50 heavy (non-hydrogen) atoms. The summed E-state index contributed by atoms with van der Waals surface area (Å²) in [5.74, 6) is 0.692. The van der Waals surface area contributed by atoms with Crippen molar-refractivity contribution in [1.29, 1.82) is 0 Å². The van der Waals surface area contributed by atoms with Crippen LogP contribution in [0.1, 0.15) is 9.60 Å². The summed E-state index contributed by atoms with van der Waals surface area (Å²) >= 11 is 0. The monoisotopic (exact) mass is 647 g/mol. The Morgan fingerprint density at radius 3 is 1.82 bits per heavy atom. The normalized spacial score (nSPS) is 13.6. The summed E-state index contributed by atoms with van der Waals surface area (Å²) in [4.78, 5) is 14.6. The van der Waals surface area contributed by atoms with Gasteiger partial charge in [-0.05, 0) is 53.5 Å². The van der Waals surface area contributed by atoms with E-state index < -0.39 is 18.1 Å². The molecule has 0 fully saturated rings. The van der Waals surface area contributed by atoms with Crippen LogP contribution in [0.4, 0.5) is 0 Å². The van der Waals surface area contributed by atoms with Gasteiger partial charge in [-0.15, -0.1) is 0 Å². The minimum Gasteiger partial charge on any atom is -0.456 e. The molecule has 0 amide bonds. The van der Waals surface area contributed by atoms with Crippen LogP contribution in [0, 0.1) is 0 Å². The Morgan fingerprint density at radius 1 is 0.460 bits per heavy atom. The predicted molar refractivity (Wildman–Crippen MR) is 203 cm³/mol. The lowest BCUT2D eigenvalue weighted by Crippen LogP contribution is -2.02. The Labute approximate surface area is 297 Å². The molecule has 0 saturated carbocycles. The summed E-state index contributed by atoms with van der Waals surface area (Å²) in [7, 11) is 0. The lowest BCUT2D eigenvalue weighted by molar-refractivity contribution is 0.669. The Hall–Kier alpha value is -6.85. The maximum Gasteiger partial charge on any atom is 0.166 e. The second-order valence-electron chi connectivity index (χ2n) is 11.9. The molecular weight excluding hydrogens is 613 g/mol. The fourth-order valence-corrected chi connectivity index (χ4v) is 6.63. The second kappa shape index (κ2) is 11.4. The zero-order valence-electron chi connectivity index (χ0n) is 33.3. The molecule has 0 aliphatic carbocycles. The summed E-state index contributed by atoms with van der Waals surface area (Å²) < 4.78 is 71.5. The molecule has 3 aromatic heterocycles. The summed E-state index contributed by atoms with van der Waals surface area (Å²) in [6, 6.07) is 37.4. The molecule has 5 heteroatoms. The van der Waals surface area contributed by atoms with E-state index >= 15 is 0 Å². The second-order valence-corrected chi connectivity index (χ2v) is 11.9. The van der Waals surface area contributed by atoms with Crippen LogP contribution in [0.5, 0.6) is 0 Å². The molecule has 0 aliphatic heterocycles. The van der Waals surface area contributed by atoms with Crippen molar-refractivity contribution in [1.82, 2.24) is 19.5 Å². The highest BCUT2D eigenvalue weighted by Gasteiger charge is 2.20. The van der Waals surface area contributed by atoms with Crippen LogP contribution in [-0.2, 0) is 0 Å². The maximum atomic E-state index is 9.43. The minimum absolute atomic E-state index is 0.0498. The van der Waals surface area contributed by atoms with Crippen LogP contribution >= 0.6 is 0 Å². The molecule has 234 valence electrons. The number of nitrogens with zero attached hydrogens (tertiary/aromatic N) is 4. The fourth-order valence-electron chi connectivity index (χ4n) is 6.63. The Balaban J connectivity index is 1.33. The van der Waals surface area contributed by atoms with Gasteiger partial charge in [0.05, 0.1) is 20.6 Å². The maximum absolute atomic E-state index is 9.43. The molecule has 5 nitrogen and oxygen atoms in total. The third-order valence-electron chi connectivity index (χ3n) is 8.96. The van der Waals surface area contributed by atoms with Crippen molar-refractivity contribution >= 4 is 43.7 Å². The molecule has 10 rings (SSSR count). The summed E-state index contributed by atoms with van der Waals surface area (Å²) in [6.07, 6.45) is 0. The number of aromatic nitrogens is 4. The average Bonchev–Trinajstić information content (AvgIpc) is 3.81. The highest BCUT2D eigenvalue weighted by molar-refractivity contribution is 6.14. The van der Waals surface area contributed by atoms with Gasteiger partial charge in [-0.25, -0.2) is 15.0 Å². The molecule has 3 heterocycles. The predicted octanol–water partition coefficient (Wildman–Crippen LogP) is 11.5. The fraction of sp³-hybridized carbons (Fsp3) is 0. The van der Waals surface area contributed by atoms with Gasteiger partial charge >= 0.3 is 0 Å². The van der Waals surface area contributed by atoms with Gasteiger partial charge in [0, 0.05) is 43.9 Å². The lowest BCUT2D eigenvalue weighted by Gasteiger charge is -2.13. The number of furan rings is 1. The first-order valence-electron chi connectivity index (χ1n) is 19.6. The van der Waals surface area contributed by atoms with E-state index in [1.54, 1.807) is 10.6 Å². The molecule has 0 saturated heterocycles. The molecule has 10 aromatic rings. The van der Waals surface area contributed by atoms with Crippen LogP contribution in [0.15, 0.2) is 174 Å². The van der Waals surface area contributed by atoms with Crippen molar-refractivity contribution < 1.29 is 14.0 Å². The van der Waals surface area contributed by atoms with Crippen LogP contribution in [0.3, 0.4) is 0 Å². The zero-order chi connectivity index (χ0) is 39.1. The molecule has 7 aromatic carbocycles. The zero-order valence-corrected chi connectivity index (χ0v) is 26.3. The van der Waals surface area contributed by atoms with E-state index in [2.05, 4.69) is 0 Å². The van der Waals surface area contributed by atoms with Gasteiger partial charge in [-0.1, -0.05) is 127 Å². The van der Waals surface area contributed by atoms with Crippen LogP contribution in [0.2, 0.25) is 0 Å². The summed E-state index contributed by atoms with van der Waals surface area (Å²) in [6.45, 7) is 0. The van der Waals surface area contributed by atoms with Crippen LogP contribution < -0.4 is 0 Å². The van der Waals surface area contributed by atoms with E-state index in [9.17, 15) is 4.11 Å². The molecule has 0 bridgehead atoms. The minimum atomic E-state index is -0.475. The van der Waals surface area contributed by atoms with Crippen molar-refractivity contribution in [2.24, 2.45) is 0 Å². The number of fused-ring (bicyclic) bond motifs is 6. The molecule has 0 radical (unpaired) electrons. The quantitative estimate of drug-likeness (QED) is 0.186. The molecular formula is C45H28N4O. The van der Waals surface area contributed by atoms with Crippen molar-refractivity contribution in [3.63, 3.8) is 0 Å². The van der Waals surface area contributed by atoms with Crippen LogP contribution in [-0.4, -0.2) is 19.5 Å². The Kier molecular flexibility index (Phi) is 4.99. The van der Waals surface area contributed by atoms with E-state index in [0.717, 1.165) is 21.9 Å². The Bertz CT molecular complexity index is 3200. The third kappa shape index (κ3) is 4.60. The Morgan fingerprint density at radius 2 is 1.10 bits per heavy atom. The van der Waals surface area contributed by atoms with Gasteiger partial charge < -0.3 is 8.98 Å². The molecule has 0 unspecified atom stereocenters. The smallest absolute Gasteiger partial charge is 0.166 e. The SMILES string of the molecule is [2H]c1c([2H])c([2H])c2c(c1[2H])c1c([2H])c([2H])c([2H])c(-c3nc(-c4ccccc4)nc(-c4ccccc4)n3)c1n2-c1ccc2oc3cc(-c4ccccc4)ccc3c2c1.